The third-order valence-corrected chi connectivity index (χ3v) is 6.37. The maximum absolute atomic E-state index is 13.5. The van der Waals surface area contributed by atoms with Crippen molar-refractivity contribution in [2.24, 2.45) is 16.8 Å². The van der Waals surface area contributed by atoms with Crippen molar-refractivity contribution in [3.05, 3.63) is 70.8 Å². The number of ketones is 1. The monoisotopic (exact) mass is 498 g/mol. The molecule has 2 aromatic rings. The minimum absolute atomic E-state index is 0.0601. The van der Waals surface area contributed by atoms with E-state index in [0.29, 0.717) is 11.0 Å². The number of imide groups is 1. The predicted octanol–water partition coefficient (Wildman–Crippen LogP) is 3.36. The molecule has 2 aliphatic heterocycles. The maximum Gasteiger partial charge on any atom is 0.416 e. The van der Waals surface area contributed by atoms with Crippen LogP contribution in [0.4, 0.5) is 18.9 Å². The number of carbonyl (C=O) groups is 4. The van der Waals surface area contributed by atoms with Gasteiger partial charge in [0.2, 0.25) is 11.8 Å². The molecule has 2 aromatic carbocycles. The smallest absolute Gasteiger partial charge is 0.416 e. The van der Waals surface area contributed by atoms with Gasteiger partial charge in [0.1, 0.15) is 5.76 Å². The molecular weight excluding hydrogens is 481 g/mol. The van der Waals surface area contributed by atoms with E-state index in [1.54, 1.807) is 12.1 Å². The van der Waals surface area contributed by atoms with E-state index in [1.165, 1.54) is 19.1 Å². The normalized spacial score (nSPS) is 23.2. The van der Waals surface area contributed by atoms with Crippen LogP contribution in [0, 0.1) is 11.8 Å². The SMILES string of the molecule is CCOC(=O)C1N=C(C2=C(O)c3ccccc3C2=O)C2C(=O)N(c3cccc(C(F)(F)F)c3)C(=O)C12. The number of carbonyl (C=O) groups excluding carboxylic acids is 4. The Morgan fingerprint density at radius 2 is 1.75 bits per heavy atom. The van der Waals surface area contributed by atoms with Crippen LogP contribution in [0.2, 0.25) is 0 Å². The highest BCUT2D eigenvalue weighted by molar-refractivity contribution is 6.42. The largest absolute Gasteiger partial charge is 0.506 e. The van der Waals surface area contributed by atoms with Gasteiger partial charge in [-0.25, -0.2) is 9.69 Å². The second-order valence-corrected chi connectivity index (χ2v) is 8.37. The van der Waals surface area contributed by atoms with Gasteiger partial charge in [-0.15, -0.1) is 0 Å². The molecule has 1 fully saturated rings. The number of aliphatic imine (C=N–C) groups is 1. The molecule has 1 N–H and O–H groups in total. The van der Waals surface area contributed by atoms with Gasteiger partial charge in [0.05, 0.1) is 41.0 Å². The summed E-state index contributed by atoms with van der Waals surface area (Å²) < 4.78 is 44.8. The first-order chi connectivity index (χ1) is 17.1. The average molecular weight is 498 g/mol. The topological polar surface area (TPSA) is 113 Å². The number of allylic oxidation sites excluding steroid dienone is 1. The molecule has 8 nitrogen and oxygen atoms in total. The van der Waals surface area contributed by atoms with Crippen molar-refractivity contribution in [3.63, 3.8) is 0 Å². The van der Waals surface area contributed by atoms with E-state index in [2.05, 4.69) is 4.99 Å². The number of aliphatic hydroxyl groups is 1. The standard InChI is InChI=1S/C25H17F3N2O6/c1-2-36-24(35)19-16-15(18(29-19)17-20(31)13-8-3-4-9-14(13)21(17)32)22(33)30(23(16)34)12-7-5-6-11(10-12)25(26,27)28/h3-10,15-16,19,31H,2H2,1H3. The van der Waals surface area contributed by atoms with Crippen LogP contribution in [0.15, 0.2) is 59.1 Å². The van der Waals surface area contributed by atoms with Crippen LogP contribution in [0.25, 0.3) is 5.76 Å². The summed E-state index contributed by atoms with van der Waals surface area (Å²) in [7, 11) is 0. The molecule has 36 heavy (non-hydrogen) atoms. The molecule has 3 unspecified atom stereocenters. The molecule has 1 aliphatic carbocycles. The summed E-state index contributed by atoms with van der Waals surface area (Å²) in [5.74, 6) is -6.88. The van der Waals surface area contributed by atoms with Crippen LogP contribution < -0.4 is 4.90 Å². The Balaban J connectivity index is 1.62. The minimum atomic E-state index is -4.73. The molecule has 2 heterocycles. The first kappa shape index (κ1) is 23.5. The number of hydrogen-bond donors (Lipinski definition) is 1. The number of rotatable bonds is 4. The number of hydrogen-bond acceptors (Lipinski definition) is 7. The highest BCUT2D eigenvalue weighted by Crippen LogP contribution is 2.45. The number of halogens is 3. The molecule has 0 bridgehead atoms. The Kier molecular flexibility index (Phi) is 5.31. The van der Waals surface area contributed by atoms with Crippen LogP contribution in [-0.2, 0) is 25.3 Å². The average Bonchev–Trinajstić information content (AvgIpc) is 3.43. The molecule has 5 rings (SSSR count). The van der Waals surface area contributed by atoms with Gasteiger partial charge in [0.25, 0.3) is 0 Å². The zero-order chi connectivity index (χ0) is 25.9. The van der Waals surface area contributed by atoms with Gasteiger partial charge in [0, 0.05) is 11.1 Å². The van der Waals surface area contributed by atoms with Crippen LogP contribution in [0.1, 0.15) is 28.4 Å². The molecule has 2 amide bonds. The maximum atomic E-state index is 13.5. The first-order valence-electron chi connectivity index (χ1n) is 10.9. The fourth-order valence-corrected chi connectivity index (χ4v) is 4.83. The van der Waals surface area contributed by atoms with Crippen molar-refractivity contribution in [2.75, 3.05) is 11.5 Å². The highest BCUT2D eigenvalue weighted by atomic mass is 19.4. The number of fused-ring (bicyclic) bond motifs is 2. The van der Waals surface area contributed by atoms with Gasteiger partial charge in [0.15, 0.2) is 11.8 Å². The number of alkyl halides is 3. The molecular formula is C25H17F3N2O6. The van der Waals surface area contributed by atoms with Crippen molar-refractivity contribution in [3.8, 4) is 0 Å². The second-order valence-electron chi connectivity index (χ2n) is 8.37. The first-order valence-corrected chi connectivity index (χ1v) is 10.9. The lowest BCUT2D eigenvalue weighted by Crippen LogP contribution is -2.36. The van der Waals surface area contributed by atoms with Crippen molar-refractivity contribution in [1.29, 1.82) is 0 Å². The summed E-state index contributed by atoms with van der Waals surface area (Å²) in [5, 5.41) is 10.8. The minimum Gasteiger partial charge on any atom is -0.506 e. The quantitative estimate of drug-likeness (QED) is 0.511. The lowest BCUT2D eigenvalue weighted by Gasteiger charge is -2.19. The van der Waals surface area contributed by atoms with E-state index < -0.39 is 58.9 Å². The van der Waals surface area contributed by atoms with Gasteiger partial charge >= 0.3 is 12.1 Å². The number of anilines is 1. The van der Waals surface area contributed by atoms with Crippen molar-refractivity contribution in [1.82, 2.24) is 0 Å². The van der Waals surface area contributed by atoms with Crippen LogP contribution in [-0.4, -0.2) is 47.0 Å². The Morgan fingerprint density at radius 3 is 2.39 bits per heavy atom. The van der Waals surface area contributed by atoms with Crippen molar-refractivity contribution >= 4 is 40.7 Å². The zero-order valence-electron chi connectivity index (χ0n) is 18.6. The summed E-state index contributed by atoms with van der Waals surface area (Å²) in [6.07, 6.45) is -4.73. The van der Waals surface area contributed by atoms with E-state index in [1.807, 2.05) is 0 Å². The molecule has 1 saturated heterocycles. The number of Topliss-reactive ketones (excluding diaryl/α,β-unsaturated/α-hetero) is 1. The lowest BCUT2D eigenvalue weighted by atomic mass is 9.85. The Hall–Kier alpha value is -4.28. The number of ether oxygens (including phenoxy) is 1. The lowest BCUT2D eigenvalue weighted by molar-refractivity contribution is -0.147. The zero-order valence-corrected chi connectivity index (χ0v) is 18.6. The van der Waals surface area contributed by atoms with E-state index in [4.69, 9.17) is 4.74 Å². The summed E-state index contributed by atoms with van der Waals surface area (Å²) in [6, 6.07) is 8.26. The van der Waals surface area contributed by atoms with E-state index in [9.17, 15) is 37.5 Å². The second kappa shape index (κ2) is 8.14. The number of nitrogens with zero attached hydrogens (tertiary/aromatic N) is 2. The van der Waals surface area contributed by atoms with Crippen LogP contribution in [0.5, 0.6) is 0 Å². The van der Waals surface area contributed by atoms with Crippen molar-refractivity contribution in [2.45, 2.75) is 19.1 Å². The fraction of sp³-hybridized carbons (Fsp3) is 0.240. The number of esters is 1. The molecule has 11 heteroatoms. The number of amides is 2. The Bertz CT molecular complexity index is 1410. The third kappa shape index (κ3) is 3.34. The molecule has 0 spiro atoms. The summed E-state index contributed by atoms with van der Waals surface area (Å²) >= 11 is 0. The van der Waals surface area contributed by atoms with Gasteiger partial charge in [-0.3, -0.25) is 19.4 Å². The number of benzene rings is 2. The van der Waals surface area contributed by atoms with E-state index >= 15 is 0 Å². The van der Waals surface area contributed by atoms with Gasteiger partial charge < -0.3 is 9.84 Å². The summed E-state index contributed by atoms with van der Waals surface area (Å²) in [4.78, 5) is 57.5. The van der Waals surface area contributed by atoms with Crippen LogP contribution in [0.3, 0.4) is 0 Å². The molecule has 0 aromatic heterocycles. The Morgan fingerprint density at radius 1 is 1.06 bits per heavy atom. The van der Waals surface area contributed by atoms with E-state index in [-0.39, 0.29) is 34.7 Å². The van der Waals surface area contributed by atoms with Crippen LogP contribution >= 0.6 is 0 Å². The number of aliphatic hydroxyl groups excluding tert-OH is 1. The van der Waals surface area contributed by atoms with E-state index in [0.717, 1.165) is 18.2 Å². The highest BCUT2D eigenvalue weighted by Gasteiger charge is 2.61. The molecule has 0 radical (unpaired) electrons. The molecule has 0 saturated carbocycles. The molecule has 3 atom stereocenters. The Labute approximate surface area is 201 Å². The molecule has 3 aliphatic rings. The molecule has 184 valence electrons. The third-order valence-electron chi connectivity index (χ3n) is 6.37. The van der Waals surface area contributed by atoms with Crippen molar-refractivity contribution < 1.29 is 42.2 Å². The summed E-state index contributed by atoms with van der Waals surface area (Å²) in [5.41, 5.74) is -1.67. The van der Waals surface area contributed by atoms with Gasteiger partial charge in [-0.2, -0.15) is 13.2 Å². The van der Waals surface area contributed by atoms with Gasteiger partial charge in [-0.05, 0) is 25.1 Å². The fourth-order valence-electron chi connectivity index (χ4n) is 4.83. The van der Waals surface area contributed by atoms with Gasteiger partial charge in [-0.1, -0.05) is 30.3 Å². The predicted molar refractivity (Wildman–Crippen MR) is 119 cm³/mol. The summed E-state index contributed by atoms with van der Waals surface area (Å²) in [6.45, 7) is 1.46.